The highest BCUT2D eigenvalue weighted by atomic mass is 35.5. The summed E-state index contributed by atoms with van der Waals surface area (Å²) in [7, 11) is 0. The van der Waals surface area contributed by atoms with Crippen molar-refractivity contribution in [1.29, 1.82) is 0 Å². The molecule has 0 spiro atoms. The number of pyridine rings is 1. The van der Waals surface area contributed by atoms with Crippen molar-refractivity contribution in [2.45, 2.75) is 13.0 Å². The van der Waals surface area contributed by atoms with Crippen LogP contribution in [-0.2, 0) is 0 Å². The van der Waals surface area contributed by atoms with Gasteiger partial charge in [-0.1, -0.05) is 35.9 Å². The van der Waals surface area contributed by atoms with Gasteiger partial charge in [0, 0.05) is 16.8 Å². The molecule has 0 bridgehead atoms. The van der Waals surface area contributed by atoms with Crippen LogP contribution in [0.4, 0.5) is 0 Å². The maximum atomic E-state index is 10.1. The van der Waals surface area contributed by atoms with Crippen LogP contribution < -0.4 is 0 Å². The first-order chi connectivity index (χ1) is 7.68. The Morgan fingerprint density at radius 3 is 2.56 bits per heavy atom. The lowest BCUT2D eigenvalue weighted by atomic mass is 10.1. The van der Waals surface area contributed by atoms with Gasteiger partial charge in [0.2, 0.25) is 0 Å². The fourth-order valence-electron chi connectivity index (χ4n) is 1.50. The number of rotatable bonds is 2. The van der Waals surface area contributed by atoms with E-state index in [1.54, 1.807) is 18.3 Å². The Hall–Kier alpha value is -1.38. The summed E-state index contributed by atoms with van der Waals surface area (Å²) in [5, 5.41) is 10.7. The second-order valence-corrected chi connectivity index (χ2v) is 4.09. The van der Waals surface area contributed by atoms with Crippen molar-refractivity contribution < 1.29 is 5.11 Å². The Balaban J connectivity index is 2.35. The van der Waals surface area contributed by atoms with Crippen LogP contribution in [0.3, 0.4) is 0 Å². The first-order valence-corrected chi connectivity index (χ1v) is 5.41. The molecular formula is C13H12ClNO. The highest BCUT2D eigenvalue weighted by Gasteiger charge is 2.14. The van der Waals surface area contributed by atoms with Gasteiger partial charge in [-0.25, -0.2) is 0 Å². The lowest BCUT2D eigenvalue weighted by molar-refractivity contribution is 0.215. The second kappa shape index (κ2) is 4.64. The van der Waals surface area contributed by atoms with Gasteiger partial charge in [-0.15, -0.1) is 0 Å². The van der Waals surface area contributed by atoms with Gasteiger partial charge in [-0.3, -0.25) is 4.98 Å². The molecule has 3 heteroatoms. The Morgan fingerprint density at radius 2 is 1.94 bits per heavy atom. The molecule has 0 fully saturated rings. The van der Waals surface area contributed by atoms with Crippen LogP contribution >= 0.6 is 11.6 Å². The number of nitrogens with zero attached hydrogens (tertiary/aromatic N) is 1. The zero-order valence-corrected chi connectivity index (χ0v) is 9.65. The van der Waals surface area contributed by atoms with E-state index in [1.165, 1.54) is 0 Å². The van der Waals surface area contributed by atoms with Crippen molar-refractivity contribution in [3.8, 4) is 0 Å². The third-order valence-electron chi connectivity index (χ3n) is 2.41. The molecule has 0 saturated carbocycles. The van der Waals surface area contributed by atoms with Gasteiger partial charge in [-0.2, -0.15) is 0 Å². The predicted molar refractivity (Wildman–Crippen MR) is 64.5 cm³/mol. The number of hydrogen-bond acceptors (Lipinski definition) is 2. The first kappa shape index (κ1) is 11.1. The maximum Gasteiger partial charge on any atom is 0.122 e. The van der Waals surface area contributed by atoms with E-state index in [4.69, 9.17) is 11.6 Å². The van der Waals surface area contributed by atoms with Crippen LogP contribution in [0.2, 0.25) is 5.02 Å². The quantitative estimate of drug-likeness (QED) is 0.865. The molecule has 2 rings (SSSR count). The average Bonchev–Trinajstić information content (AvgIpc) is 2.30. The molecule has 0 aliphatic carbocycles. The summed E-state index contributed by atoms with van der Waals surface area (Å²) in [5.41, 5.74) is 2.36. The molecule has 0 radical (unpaired) electrons. The van der Waals surface area contributed by atoms with Gasteiger partial charge in [0.15, 0.2) is 0 Å². The highest BCUT2D eigenvalue weighted by Crippen LogP contribution is 2.26. The zero-order chi connectivity index (χ0) is 11.5. The molecular weight excluding hydrogens is 222 g/mol. The fraction of sp³-hybridized carbons (Fsp3) is 0.154. The second-order valence-electron chi connectivity index (χ2n) is 3.68. The summed E-state index contributed by atoms with van der Waals surface area (Å²) in [6.45, 7) is 1.96. The number of aromatic nitrogens is 1. The zero-order valence-electron chi connectivity index (χ0n) is 8.89. The number of halogens is 1. The maximum absolute atomic E-state index is 10.1. The van der Waals surface area contributed by atoms with Crippen LogP contribution in [-0.4, -0.2) is 10.1 Å². The van der Waals surface area contributed by atoms with E-state index in [9.17, 15) is 5.11 Å². The fourth-order valence-corrected chi connectivity index (χ4v) is 1.74. The van der Waals surface area contributed by atoms with E-state index in [-0.39, 0.29) is 0 Å². The van der Waals surface area contributed by atoms with E-state index in [0.29, 0.717) is 16.3 Å². The molecule has 82 valence electrons. The minimum absolute atomic E-state index is 0.553. The van der Waals surface area contributed by atoms with Crippen molar-refractivity contribution in [2.75, 3.05) is 0 Å². The monoisotopic (exact) mass is 233 g/mol. The third-order valence-corrected chi connectivity index (χ3v) is 2.76. The van der Waals surface area contributed by atoms with Gasteiger partial charge in [0.25, 0.3) is 0 Å². The van der Waals surface area contributed by atoms with Gasteiger partial charge < -0.3 is 5.11 Å². The lowest BCUT2D eigenvalue weighted by Crippen LogP contribution is -2.02. The minimum atomic E-state index is -0.769. The lowest BCUT2D eigenvalue weighted by Gasteiger charge is -2.12. The summed E-state index contributed by atoms with van der Waals surface area (Å²) >= 11 is 6.01. The van der Waals surface area contributed by atoms with Crippen LogP contribution in [0.5, 0.6) is 0 Å². The summed E-state index contributed by atoms with van der Waals surface area (Å²) < 4.78 is 0. The smallest absolute Gasteiger partial charge is 0.122 e. The molecule has 0 saturated heterocycles. The van der Waals surface area contributed by atoms with Crippen LogP contribution in [0.25, 0.3) is 0 Å². The van der Waals surface area contributed by atoms with E-state index in [0.717, 1.165) is 5.56 Å². The van der Waals surface area contributed by atoms with Crippen molar-refractivity contribution in [1.82, 2.24) is 4.98 Å². The molecule has 0 aliphatic heterocycles. The molecule has 1 aromatic carbocycles. The molecule has 2 nitrogen and oxygen atoms in total. The Bertz CT molecular complexity index is 482. The molecule has 16 heavy (non-hydrogen) atoms. The van der Waals surface area contributed by atoms with Crippen LogP contribution in [0.1, 0.15) is 22.9 Å². The normalized spacial score (nSPS) is 12.4. The predicted octanol–water partition coefficient (Wildman–Crippen LogP) is 3.13. The van der Waals surface area contributed by atoms with Gasteiger partial charge in [0.05, 0.1) is 5.69 Å². The van der Waals surface area contributed by atoms with E-state index in [2.05, 4.69) is 4.98 Å². The Kier molecular flexibility index (Phi) is 3.22. The van der Waals surface area contributed by atoms with Crippen molar-refractivity contribution in [3.63, 3.8) is 0 Å². The SMILES string of the molecule is Cc1ccc(C(O)c2ccccc2Cl)nc1. The highest BCUT2D eigenvalue weighted by molar-refractivity contribution is 6.31. The van der Waals surface area contributed by atoms with Crippen molar-refractivity contribution in [2.24, 2.45) is 0 Å². The number of aliphatic hydroxyl groups excluding tert-OH is 1. The molecule has 2 aromatic rings. The van der Waals surface area contributed by atoms with E-state index < -0.39 is 6.10 Å². The van der Waals surface area contributed by atoms with Crippen molar-refractivity contribution >= 4 is 11.6 Å². The van der Waals surface area contributed by atoms with Crippen LogP contribution in [0, 0.1) is 6.92 Å². The van der Waals surface area contributed by atoms with E-state index in [1.807, 2.05) is 31.2 Å². The largest absolute Gasteiger partial charge is 0.382 e. The summed E-state index contributed by atoms with van der Waals surface area (Å²) in [4.78, 5) is 4.19. The number of hydrogen-bond donors (Lipinski definition) is 1. The van der Waals surface area contributed by atoms with Crippen LogP contribution in [0.15, 0.2) is 42.6 Å². The average molecular weight is 234 g/mol. The summed E-state index contributed by atoms with van der Waals surface area (Å²) in [5.74, 6) is 0. The summed E-state index contributed by atoms with van der Waals surface area (Å²) in [6.07, 6.45) is 0.962. The van der Waals surface area contributed by atoms with Gasteiger partial charge in [0.1, 0.15) is 6.10 Å². The third kappa shape index (κ3) is 2.23. The van der Waals surface area contributed by atoms with Crippen molar-refractivity contribution in [3.05, 3.63) is 64.4 Å². The summed E-state index contributed by atoms with van der Waals surface area (Å²) in [6, 6.07) is 11.0. The van der Waals surface area contributed by atoms with Gasteiger partial charge in [-0.05, 0) is 24.6 Å². The molecule has 1 unspecified atom stereocenters. The number of benzene rings is 1. The minimum Gasteiger partial charge on any atom is -0.382 e. The molecule has 1 heterocycles. The topological polar surface area (TPSA) is 33.1 Å². The molecule has 0 aliphatic rings. The Morgan fingerprint density at radius 1 is 1.19 bits per heavy atom. The molecule has 1 aromatic heterocycles. The molecule has 0 amide bonds. The molecule has 1 N–H and O–H groups in total. The van der Waals surface area contributed by atoms with E-state index >= 15 is 0 Å². The molecule has 1 atom stereocenters. The number of aryl methyl sites for hydroxylation is 1. The van der Waals surface area contributed by atoms with Gasteiger partial charge >= 0.3 is 0 Å². The standard InChI is InChI=1S/C13H12ClNO/c1-9-6-7-12(15-8-9)13(16)10-4-2-3-5-11(10)14/h2-8,13,16H,1H3. The number of aliphatic hydroxyl groups is 1. The first-order valence-electron chi connectivity index (χ1n) is 5.03. The Labute approximate surface area is 99.5 Å².